The summed E-state index contributed by atoms with van der Waals surface area (Å²) in [4.78, 5) is 10.4. The van der Waals surface area contributed by atoms with E-state index in [0.29, 0.717) is 43.0 Å². The molecule has 1 aromatic carbocycles. The first-order valence-electron chi connectivity index (χ1n) is 5.47. The molecule has 0 spiro atoms. The van der Waals surface area contributed by atoms with Crippen LogP contribution in [-0.2, 0) is 11.2 Å². The Morgan fingerprint density at radius 1 is 1.41 bits per heavy atom. The van der Waals surface area contributed by atoms with Crippen LogP contribution in [0.4, 0.5) is 4.39 Å². The fraction of sp³-hybridized carbons (Fsp3) is 0.417. The Labute approximate surface area is 98.0 Å². The molecule has 5 heteroatoms. The van der Waals surface area contributed by atoms with Gasteiger partial charge in [-0.1, -0.05) is 0 Å². The van der Waals surface area contributed by atoms with Crippen molar-refractivity contribution < 1.29 is 23.8 Å². The van der Waals surface area contributed by atoms with E-state index in [-0.39, 0.29) is 12.8 Å². The van der Waals surface area contributed by atoms with Gasteiger partial charge < -0.3 is 19.4 Å². The molecule has 0 aromatic heterocycles. The standard InChI is InChI=1S/C12H13FO4/c13-9-7-10-12(17-6-2-5-16-10)8(11(9)15)3-1-4-14/h4,7,15H,1-3,5-6H2. The van der Waals surface area contributed by atoms with E-state index < -0.39 is 11.6 Å². The second kappa shape index (κ2) is 5.03. The topological polar surface area (TPSA) is 55.8 Å². The lowest BCUT2D eigenvalue weighted by Crippen LogP contribution is -2.00. The van der Waals surface area contributed by atoms with E-state index >= 15 is 0 Å². The Morgan fingerprint density at radius 3 is 2.94 bits per heavy atom. The normalized spacial score (nSPS) is 14.2. The minimum atomic E-state index is -0.754. The monoisotopic (exact) mass is 240 g/mol. The Bertz CT molecular complexity index is 431. The molecule has 0 bridgehead atoms. The lowest BCUT2D eigenvalue weighted by molar-refractivity contribution is -0.107. The van der Waals surface area contributed by atoms with Crippen LogP contribution in [0.2, 0.25) is 0 Å². The van der Waals surface area contributed by atoms with Gasteiger partial charge in [-0.2, -0.15) is 0 Å². The van der Waals surface area contributed by atoms with Crippen molar-refractivity contribution in [2.75, 3.05) is 13.2 Å². The van der Waals surface area contributed by atoms with Crippen LogP contribution >= 0.6 is 0 Å². The minimum absolute atomic E-state index is 0.201. The summed E-state index contributed by atoms with van der Waals surface area (Å²) in [7, 11) is 0. The van der Waals surface area contributed by atoms with Gasteiger partial charge in [0.1, 0.15) is 6.29 Å². The third-order valence-electron chi connectivity index (χ3n) is 2.57. The molecule has 0 saturated carbocycles. The van der Waals surface area contributed by atoms with E-state index in [9.17, 15) is 14.3 Å². The molecule has 2 rings (SSSR count). The van der Waals surface area contributed by atoms with Crippen molar-refractivity contribution in [1.29, 1.82) is 0 Å². The Kier molecular flexibility index (Phi) is 3.46. The van der Waals surface area contributed by atoms with Crippen LogP contribution in [0.1, 0.15) is 18.4 Å². The number of phenolic OH excluding ortho intramolecular Hbond substituents is 1. The van der Waals surface area contributed by atoms with E-state index in [1.807, 2.05) is 0 Å². The van der Waals surface area contributed by atoms with E-state index in [4.69, 9.17) is 9.47 Å². The maximum absolute atomic E-state index is 13.5. The number of aldehydes is 1. The molecule has 1 aromatic rings. The maximum atomic E-state index is 13.5. The van der Waals surface area contributed by atoms with E-state index in [2.05, 4.69) is 0 Å². The molecule has 0 atom stereocenters. The van der Waals surface area contributed by atoms with Crippen LogP contribution in [-0.4, -0.2) is 24.6 Å². The van der Waals surface area contributed by atoms with Crippen molar-refractivity contribution in [3.05, 3.63) is 17.4 Å². The molecule has 0 aliphatic carbocycles. The molecule has 0 radical (unpaired) electrons. The highest BCUT2D eigenvalue weighted by Crippen LogP contribution is 2.40. The summed E-state index contributed by atoms with van der Waals surface area (Å²) in [5.74, 6) is -0.576. The van der Waals surface area contributed by atoms with E-state index in [1.165, 1.54) is 0 Å². The number of fused-ring (bicyclic) bond motifs is 1. The molecule has 0 fully saturated rings. The van der Waals surface area contributed by atoms with Crippen molar-refractivity contribution in [3.63, 3.8) is 0 Å². The fourth-order valence-electron chi connectivity index (χ4n) is 1.77. The van der Waals surface area contributed by atoms with E-state index in [1.54, 1.807) is 0 Å². The SMILES string of the molecule is O=CCCc1c(O)c(F)cc2c1OCCCO2. The maximum Gasteiger partial charge on any atom is 0.169 e. The van der Waals surface area contributed by atoms with Gasteiger partial charge in [0.2, 0.25) is 0 Å². The molecule has 4 nitrogen and oxygen atoms in total. The lowest BCUT2D eigenvalue weighted by atomic mass is 10.1. The van der Waals surface area contributed by atoms with Crippen molar-refractivity contribution in [2.24, 2.45) is 0 Å². The van der Waals surface area contributed by atoms with Gasteiger partial charge >= 0.3 is 0 Å². The fourth-order valence-corrected chi connectivity index (χ4v) is 1.77. The average Bonchev–Trinajstić information content (AvgIpc) is 2.55. The third kappa shape index (κ3) is 2.33. The molecule has 0 saturated heterocycles. The predicted molar refractivity (Wildman–Crippen MR) is 58.1 cm³/mol. The number of aromatic hydroxyl groups is 1. The van der Waals surface area contributed by atoms with Gasteiger partial charge in [0.05, 0.1) is 13.2 Å². The molecule has 92 valence electrons. The first-order valence-corrected chi connectivity index (χ1v) is 5.47. The number of rotatable bonds is 3. The van der Waals surface area contributed by atoms with Crippen molar-refractivity contribution >= 4 is 6.29 Å². The molecule has 1 heterocycles. The summed E-state index contributed by atoms with van der Waals surface area (Å²) in [6.45, 7) is 0.899. The van der Waals surface area contributed by atoms with Crippen LogP contribution in [0.15, 0.2) is 6.07 Å². The molecule has 1 N–H and O–H groups in total. The summed E-state index contributed by atoms with van der Waals surface area (Å²) >= 11 is 0. The number of ether oxygens (including phenoxy) is 2. The Morgan fingerprint density at radius 2 is 2.18 bits per heavy atom. The van der Waals surface area contributed by atoms with Crippen molar-refractivity contribution in [1.82, 2.24) is 0 Å². The zero-order chi connectivity index (χ0) is 12.3. The second-order valence-corrected chi connectivity index (χ2v) is 3.77. The van der Waals surface area contributed by atoms with Crippen molar-refractivity contribution in [2.45, 2.75) is 19.3 Å². The summed E-state index contributed by atoms with van der Waals surface area (Å²) in [5, 5.41) is 9.65. The van der Waals surface area contributed by atoms with Gasteiger partial charge in [-0.15, -0.1) is 0 Å². The summed E-state index contributed by atoms with van der Waals surface area (Å²) in [6, 6.07) is 1.11. The number of benzene rings is 1. The third-order valence-corrected chi connectivity index (χ3v) is 2.57. The van der Waals surface area contributed by atoms with Gasteiger partial charge in [0, 0.05) is 24.5 Å². The minimum Gasteiger partial charge on any atom is -0.505 e. The van der Waals surface area contributed by atoms with E-state index in [0.717, 1.165) is 6.07 Å². The first-order chi connectivity index (χ1) is 8.24. The van der Waals surface area contributed by atoms with Crippen LogP contribution in [0.3, 0.4) is 0 Å². The van der Waals surface area contributed by atoms with Gasteiger partial charge in [-0.25, -0.2) is 4.39 Å². The summed E-state index contributed by atoms with van der Waals surface area (Å²) in [6.07, 6.45) is 1.85. The average molecular weight is 240 g/mol. The molecule has 1 aliphatic heterocycles. The Hall–Kier alpha value is -1.78. The van der Waals surface area contributed by atoms with Crippen LogP contribution in [0, 0.1) is 5.82 Å². The van der Waals surface area contributed by atoms with Gasteiger partial charge in [0.25, 0.3) is 0 Å². The zero-order valence-electron chi connectivity index (χ0n) is 9.24. The number of hydrogen-bond donors (Lipinski definition) is 1. The first kappa shape index (κ1) is 11.7. The van der Waals surface area contributed by atoms with Crippen LogP contribution in [0.25, 0.3) is 0 Å². The number of phenols is 1. The highest BCUT2D eigenvalue weighted by Gasteiger charge is 2.21. The zero-order valence-corrected chi connectivity index (χ0v) is 9.24. The highest BCUT2D eigenvalue weighted by atomic mass is 19.1. The number of carbonyl (C=O) groups excluding carboxylic acids is 1. The molecule has 17 heavy (non-hydrogen) atoms. The van der Waals surface area contributed by atoms with Crippen LogP contribution in [0.5, 0.6) is 17.2 Å². The molecule has 0 unspecified atom stereocenters. The summed E-state index contributed by atoms with van der Waals surface area (Å²) in [5.41, 5.74) is 0.300. The Balaban J connectivity index is 2.45. The second-order valence-electron chi connectivity index (χ2n) is 3.77. The smallest absolute Gasteiger partial charge is 0.169 e. The van der Waals surface area contributed by atoms with Crippen LogP contribution < -0.4 is 9.47 Å². The summed E-state index contributed by atoms with van der Waals surface area (Å²) < 4.78 is 24.2. The number of halogens is 1. The van der Waals surface area contributed by atoms with Gasteiger partial charge in [-0.3, -0.25) is 0 Å². The number of carbonyl (C=O) groups is 1. The largest absolute Gasteiger partial charge is 0.505 e. The molecular weight excluding hydrogens is 227 g/mol. The molecule has 0 amide bonds. The van der Waals surface area contributed by atoms with Crippen molar-refractivity contribution in [3.8, 4) is 17.2 Å². The molecular formula is C12H13FO4. The predicted octanol–water partition coefficient (Wildman–Crippen LogP) is 1.82. The van der Waals surface area contributed by atoms with Gasteiger partial charge in [-0.05, 0) is 6.42 Å². The highest BCUT2D eigenvalue weighted by molar-refractivity contribution is 5.57. The quantitative estimate of drug-likeness (QED) is 0.819. The number of hydrogen-bond acceptors (Lipinski definition) is 4. The van der Waals surface area contributed by atoms with Gasteiger partial charge in [0.15, 0.2) is 23.1 Å². The molecule has 1 aliphatic rings. The lowest BCUT2D eigenvalue weighted by Gasteiger charge is -2.14.